The smallest absolute Gasteiger partial charge is 0.462 e. The Bertz CT molecular complexity index is 949. The lowest BCUT2D eigenvalue weighted by atomic mass is 10.1. The van der Waals surface area contributed by atoms with Crippen LogP contribution in [0.3, 0.4) is 0 Å². The van der Waals surface area contributed by atoms with E-state index in [1.54, 1.807) is 0 Å². The minimum atomic E-state index is -4.38. The number of allylic oxidation sites excluding steroid dienone is 8. The number of unbranched alkanes of at least 4 members (excludes halogenated alkanes) is 14. The van der Waals surface area contributed by atoms with Crippen LogP contribution >= 0.6 is 7.82 Å². The third-order valence-electron chi connectivity index (χ3n) is 7.73. The molecule has 0 aliphatic heterocycles. The molecule has 10 heteroatoms. The van der Waals surface area contributed by atoms with Crippen molar-refractivity contribution in [3.8, 4) is 0 Å². The molecule has 9 nitrogen and oxygen atoms in total. The molecule has 0 bridgehead atoms. The van der Waals surface area contributed by atoms with Crippen molar-refractivity contribution in [3.05, 3.63) is 48.6 Å². The number of esters is 2. The zero-order valence-corrected chi connectivity index (χ0v) is 31.8. The predicted molar refractivity (Wildman–Crippen MR) is 201 cm³/mol. The summed E-state index contributed by atoms with van der Waals surface area (Å²) in [6.07, 6.45) is 38.5. The Labute approximate surface area is 298 Å². The standard InChI is InChI=1S/C39H70NO8P/c1-3-5-7-9-11-13-15-16-17-18-19-20-22-24-26-28-30-32-39(42)48-37(36-47-49(43,44)46-34-33-40)35-45-38(41)31-29-27-25-23-21-14-12-10-8-6-4-2/h5,7,11,13,16-17,19-20,37H,3-4,6,8-10,12,14-15,18,21-36,40H2,1-2H3,(H,43,44)/t37-/m1/s1. The number of hydrogen-bond acceptors (Lipinski definition) is 8. The molecule has 0 amide bonds. The first kappa shape index (κ1) is 47.0. The van der Waals surface area contributed by atoms with Gasteiger partial charge in [-0.15, -0.1) is 0 Å². The van der Waals surface area contributed by atoms with Gasteiger partial charge in [-0.1, -0.05) is 140 Å². The number of hydrogen-bond donors (Lipinski definition) is 2. The number of phosphoric acid groups is 1. The van der Waals surface area contributed by atoms with Crippen LogP contribution in [0.1, 0.15) is 155 Å². The molecule has 0 aromatic carbocycles. The van der Waals surface area contributed by atoms with Gasteiger partial charge < -0.3 is 20.1 Å². The number of nitrogens with two attached hydrogens (primary N) is 1. The maximum Gasteiger partial charge on any atom is 0.472 e. The molecule has 284 valence electrons. The average Bonchev–Trinajstić information content (AvgIpc) is 3.08. The third-order valence-corrected chi connectivity index (χ3v) is 8.71. The number of ether oxygens (including phenoxy) is 2. The molecule has 0 heterocycles. The molecular formula is C39H70NO8P. The predicted octanol–water partition coefficient (Wildman–Crippen LogP) is 10.4. The first-order chi connectivity index (χ1) is 23.8. The van der Waals surface area contributed by atoms with Crippen LogP contribution < -0.4 is 5.73 Å². The van der Waals surface area contributed by atoms with Crippen molar-refractivity contribution >= 4 is 19.8 Å². The summed E-state index contributed by atoms with van der Waals surface area (Å²) in [7, 11) is -4.38. The Balaban J connectivity index is 4.27. The maximum atomic E-state index is 12.5. The second-order valence-corrected chi connectivity index (χ2v) is 13.9. The lowest BCUT2D eigenvalue weighted by Crippen LogP contribution is -2.29. The molecule has 0 radical (unpaired) electrons. The Morgan fingerprint density at radius 2 is 1.12 bits per heavy atom. The van der Waals surface area contributed by atoms with Crippen molar-refractivity contribution in [2.45, 2.75) is 161 Å². The van der Waals surface area contributed by atoms with Gasteiger partial charge in [-0.05, 0) is 51.4 Å². The summed E-state index contributed by atoms with van der Waals surface area (Å²) in [5.41, 5.74) is 5.33. The molecule has 0 spiro atoms. The molecule has 0 fully saturated rings. The molecule has 49 heavy (non-hydrogen) atoms. The van der Waals surface area contributed by atoms with Crippen LogP contribution in [0, 0.1) is 0 Å². The highest BCUT2D eigenvalue weighted by molar-refractivity contribution is 7.47. The van der Waals surface area contributed by atoms with Crippen molar-refractivity contribution in [1.29, 1.82) is 0 Å². The minimum absolute atomic E-state index is 0.0480. The number of carbonyl (C=O) groups excluding carboxylic acids is 2. The van der Waals surface area contributed by atoms with Gasteiger partial charge in [-0.25, -0.2) is 4.57 Å². The zero-order chi connectivity index (χ0) is 36.1. The molecule has 0 aliphatic rings. The highest BCUT2D eigenvalue weighted by atomic mass is 31.2. The quantitative estimate of drug-likeness (QED) is 0.0285. The highest BCUT2D eigenvalue weighted by Gasteiger charge is 2.25. The fraction of sp³-hybridized carbons (Fsp3) is 0.744. The van der Waals surface area contributed by atoms with E-state index in [4.69, 9.17) is 24.3 Å². The molecule has 0 aromatic heterocycles. The summed E-state index contributed by atoms with van der Waals surface area (Å²) in [6.45, 7) is 3.56. The Morgan fingerprint density at radius 3 is 1.67 bits per heavy atom. The van der Waals surface area contributed by atoms with Crippen LogP contribution in [-0.2, 0) is 32.7 Å². The first-order valence-corrected chi connectivity index (χ1v) is 20.6. The molecule has 0 saturated carbocycles. The van der Waals surface area contributed by atoms with Crippen LogP contribution in [-0.4, -0.2) is 49.3 Å². The molecule has 0 aliphatic carbocycles. The van der Waals surface area contributed by atoms with Crippen LogP contribution in [0.5, 0.6) is 0 Å². The van der Waals surface area contributed by atoms with Gasteiger partial charge >= 0.3 is 19.8 Å². The van der Waals surface area contributed by atoms with E-state index in [9.17, 15) is 19.0 Å². The van der Waals surface area contributed by atoms with Crippen LogP contribution in [0.4, 0.5) is 0 Å². The van der Waals surface area contributed by atoms with Gasteiger partial charge in [-0.2, -0.15) is 0 Å². The molecule has 1 unspecified atom stereocenters. The molecular weight excluding hydrogens is 641 g/mol. The maximum absolute atomic E-state index is 12.5. The van der Waals surface area contributed by atoms with E-state index in [1.165, 1.54) is 51.4 Å². The topological polar surface area (TPSA) is 134 Å². The van der Waals surface area contributed by atoms with Gasteiger partial charge in [0.15, 0.2) is 6.10 Å². The van der Waals surface area contributed by atoms with E-state index >= 15 is 0 Å². The molecule has 0 aromatic rings. The summed E-state index contributed by atoms with van der Waals surface area (Å²) in [5.74, 6) is -0.860. The summed E-state index contributed by atoms with van der Waals surface area (Å²) in [4.78, 5) is 34.7. The van der Waals surface area contributed by atoms with E-state index in [0.29, 0.717) is 6.42 Å². The fourth-order valence-electron chi connectivity index (χ4n) is 4.92. The van der Waals surface area contributed by atoms with Gasteiger partial charge in [0, 0.05) is 19.4 Å². The number of phosphoric ester groups is 1. The van der Waals surface area contributed by atoms with E-state index in [-0.39, 0.29) is 32.6 Å². The lowest BCUT2D eigenvalue weighted by Gasteiger charge is -2.19. The fourth-order valence-corrected chi connectivity index (χ4v) is 5.68. The van der Waals surface area contributed by atoms with Crippen LogP contribution in [0.25, 0.3) is 0 Å². The van der Waals surface area contributed by atoms with E-state index < -0.39 is 32.5 Å². The van der Waals surface area contributed by atoms with Gasteiger partial charge in [0.2, 0.25) is 0 Å². The van der Waals surface area contributed by atoms with Crippen molar-refractivity contribution in [2.75, 3.05) is 26.4 Å². The Hall–Kier alpha value is -2.03. The second-order valence-electron chi connectivity index (χ2n) is 12.4. The summed E-state index contributed by atoms with van der Waals surface area (Å²) < 4.78 is 32.6. The monoisotopic (exact) mass is 711 g/mol. The molecule has 2 atom stereocenters. The summed E-state index contributed by atoms with van der Waals surface area (Å²) >= 11 is 0. The van der Waals surface area contributed by atoms with Crippen molar-refractivity contribution < 1.29 is 37.6 Å². The highest BCUT2D eigenvalue weighted by Crippen LogP contribution is 2.43. The van der Waals surface area contributed by atoms with Gasteiger partial charge in [-0.3, -0.25) is 18.6 Å². The average molecular weight is 712 g/mol. The normalized spacial score (nSPS) is 14.0. The van der Waals surface area contributed by atoms with Crippen LogP contribution in [0.15, 0.2) is 48.6 Å². The molecule has 0 rings (SSSR count). The Morgan fingerprint density at radius 1 is 0.633 bits per heavy atom. The third kappa shape index (κ3) is 35.6. The summed E-state index contributed by atoms with van der Waals surface area (Å²) in [6, 6.07) is 0. The number of carbonyl (C=O) groups is 2. The second kappa shape index (κ2) is 35.8. The SMILES string of the molecule is CCC=CCC=CCC=CCC=CCCCCCCC(=O)O[C@H](COC(=O)CCCCCCCCCCCCC)COP(=O)(O)OCCN. The van der Waals surface area contributed by atoms with Crippen molar-refractivity contribution in [1.82, 2.24) is 0 Å². The Kier molecular flexibility index (Phi) is 34.3. The van der Waals surface area contributed by atoms with Crippen molar-refractivity contribution in [3.63, 3.8) is 0 Å². The summed E-state index contributed by atoms with van der Waals surface area (Å²) in [5, 5.41) is 0. The molecule has 3 N–H and O–H groups in total. The lowest BCUT2D eigenvalue weighted by molar-refractivity contribution is -0.161. The molecule has 0 saturated heterocycles. The first-order valence-electron chi connectivity index (χ1n) is 19.1. The van der Waals surface area contributed by atoms with E-state index in [2.05, 4.69) is 62.5 Å². The zero-order valence-electron chi connectivity index (χ0n) is 30.9. The van der Waals surface area contributed by atoms with Crippen molar-refractivity contribution in [2.24, 2.45) is 5.73 Å². The largest absolute Gasteiger partial charge is 0.472 e. The van der Waals surface area contributed by atoms with E-state index in [1.807, 2.05) is 0 Å². The van der Waals surface area contributed by atoms with Gasteiger partial charge in [0.1, 0.15) is 6.61 Å². The van der Waals surface area contributed by atoms with Crippen LogP contribution in [0.2, 0.25) is 0 Å². The van der Waals surface area contributed by atoms with E-state index in [0.717, 1.165) is 70.6 Å². The van der Waals surface area contributed by atoms with Gasteiger partial charge in [0.05, 0.1) is 13.2 Å². The van der Waals surface area contributed by atoms with Gasteiger partial charge in [0.25, 0.3) is 0 Å². The number of rotatable bonds is 35. The minimum Gasteiger partial charge on any atom is -0.462 e.